The normalized spacial score (nSPS) is 17.8. The third-order valence-electron chi connectivity index (χ3n) is 4.64. The minimum absolute atomic E-state index is 0.0251. The summed E-state index contributed by atoms with van der Waals surface area (Å²) in [7, 11) is 1.62. The summed E-state index contributed by atoms with van der Waals surface area (Å²) >= 11 is 0. The number of piperidine rings is 1. The Kier molecular flexibility index (Phi) is 4.97. The Morgan fingerprint density at radius 1 is 1.32 bits per heavy atom. The number of aromatic amines is 1. The highest BCUT2D eigenvalue weighted by atomic mass is 16.5. The van der Waals surface area contributed by atoms with Gasteiger partial charge in [0.25, 0.3) is 5.91 Å². The molecular formula is C19H25N3O3. The van der Waals surface area contributed by atoms with E-state index < -0.39 is 0 Å². The number of benzene rings is 1. The van der Waals surface area contributed by atoms with Crippen LogP contribution in [0.5, 0.6) is 5.75 Å². The van der Waals surface area contributed by atoms with Crippen molar-refractivity contribution in [2.75, 3.05) is 20.2 Å². The first-order valence-electron chi connectivity index (χ1n) is 8.74. The highest BCUT2D eigenvalue weighted by Gasteiger charge is 2.26. The van der Waals surface area contributed by atoms with Gasteiger partial charge in [0.05, 0.1) is 7.11 Å². The molecule has 0 radical (unpaired) electrons. The second-order valence-electron chi connectivity index (χ2n) is 6.89. The summed E-state index contributed by atoms with van der Waals surface area (Å²) in [6, 6.07) is 7.57. The molecule has 0 unspecified atom stereocenters. The van der Waals surface area contributed by atoms with E-state index in [0.29, 0.717) is 18.8 Å². The standard InChI is InChI=1S/C19H25N3O3/c1-12(2)18(23)20-14-5-4-8-22(11-14)19(24)17-10-13-9-15(25-3)6-7-16(13)21-17/h6-7,9-10,12,14,21H,4-5,8,11H2,1-3H3,(H,20,23)/t14-/m1/s1. The quantitative estimate of drug-likeness (QED) is 0.896. The lowest BCUT2D eigenvalue weighted by molar-refractivity contribution is -0.125. The van der Waals surface area contributed by atoms with Crippen molar-refractivity contribution in [2.24, 2.45) is 5.92 Å². The summed E-state index contributed by atoms with van der Waals surface area (Å²) < 4.78 is 5.23. The van der Waals surface area contributed by atoms with E-state index in [0.717, 1.165) is 29.5 Å². The number of H-pyrrole nitrogens is 1. The van der Waals surface area contributed by atoms with Gasteiger partial charge in [0.2, 0.25) is 5.91 Å². The molecule has 2 N–H and O–H groups in total. The van der Waals surface area contributed by atoms with Crippen molar-refractivity contribution < 1.29 is 14.3 Å². The summed E-state index contributed by atoms with van der Waals surface area (Å²) in [4.78, 5) is 29.7. The molecule has 1 atom stereocenters. The van der Waals surface area contributed by atoms with Gasteiger partial charge in [-0.1, -0.05) is 13.8 Å². The molecule has 0 spiro atoms. The van der Waals surface area contributed by atoms with Crippen LogP contribution in [0.15, 0.2) is 24.3 Å². The van der Waals surface area contributed by atoms with Gasteiger partial charge >= 0.3 is 0 Å². The third kappa shape index (κ3) is 3.78. The van der Waals surface area contributed by atoms with Crippen LogP contribution in [-0.2, 0) is 4.79 Å². The van der Waals surface area contributed by atoms with Gasteiger partial charge in [0.15, 0.2) is 0 Å². The molecule has 2 aromatic rings. The van der Waals surface area contributed by atoms with Crippen LogP contribution in [0.2, 0.25) is 0 Å². The van der Waals surface area contributed by atoms with Crippen LogP contribution in [0.4, 0.5) is 0 Å². The largest absolute Gasteiger partial charge is 0.497 e. The number of hydrogen-bond donors (Lipinski definition) is 2. The molecule has 6 heteroatoms. The van der Waals surface area contributed by atoms with Crippen molar-refractivity contribution in [3.8, 4) is 5.75 Å². The Hall–Kier alpha value is -2.50. The second-order valence-corrected chi connectivity index (χ2v) is 6.89. The SMILES string of the molecule is COc1ccc2[nH]c(C(=O)N3CCC[C@@H](NC(=O)C(C)C)C3)cc2c1. The number of ether oxygens (including phenoxy) is 1. The van der Waals surface area contributed by atoms with Crippen LogP contribution in [0, 0.1) is 5.92 Å². The van der Waals surface area contributed by atoms with Crippen LogP contribution in [0.1, 0.15) is 37.2 Å². The molecular weight excluding hydrogens is 318 g/mol. The van der Waals surface area contributed by atoms with Crippen molar-refractivity contribution in [2.45, 2.75) is 32.7 Å². The molecule has 1 aromatic carbocycles. The first kappa shape index (κ1) is 17.3. The average Bonchev–Trinajstić information content (AvgIpc) is 3.04. The van der Waals surface area contributed by atoms with E-state index in [4.69, 9.17) is 4.74 Å². The Labute approximate surface area is 147 Å². The molecule has 3 rings (SSSR count). The van der Waals surface area contributed by atoms with E-state index in [2.05, 4.69) is 10.3 Å². The summed E-state index contributed by atoms with van der Waals surface area (Å²) in [5.74, 6) is 0.727. The lowest BCUT2D eigenvalue weighted by atomic mass is 10.0. The predicted molar refractivity (Wildman–Crippen MR) is 96.8 cm³/mol. The summed E-state index contributed by atoms with van der Waals surface area (Å²) in [6.45, 7) is 5.02. The number of hydrogen-bond acceptors (Lipinski definition) is 3. The summed E-state index contributed by atoms with van der Waals surface area (Å²) in [5.41, 5.74) is 1.48. The molecule has 1 aliphatic rings. The molecule has 2 amide bonds. The lowest BCUT2D eigenvalue weighted by Crippen LogP contribution is -2.50. The zero-order valence-corrected chi connectivity index (χ0v) is 15.0. The number of fused-ring (bicyclic) bond motifs is 1. The van der Waals surface area contributed by atoms with E-state index in [-0.39, 0.29) is 23.8 Å². The molecule has 0 saturated carbocycles. The van der Waals surface area contributed by atoms with Gasteiger partial charge in [0.1, 0.15) is 11.4 Å². The highest BCUT2D eigenvalue weighted by Crippen LogP contribution is 2.23. The molecule has 2 heterocycles. The van der Waals surface area contributed by atoms with Crippen molar-refractivity contribution in [3.63, 3.8) is 0 Å². The Bertz CT molecular complexity index is 781. The maximum absolute atomic E-state index is 12.8. The van der Waals surface area contributed by atoms with E-state index in [1.54, 1.807) is 7.11 Å². The Morgan fingerprint density at radius 2 is 2.12 bits per heavy atom. The topological polar surface area (TPSA) is 74.4 Å². The molecule has 1 aliphatic heterocycles. The maximum atomic E-state index is 12.8. The molecule has 0 aliphatic carbocycles. The molecule has 25 heavy (non-hydrogen) atoms. The van der Waals surface area contributed by atoms with E-state index in [1.807, 2.05) is 43.0 Å². The molecule has 1 aromatic heterocycles. The van der Waals surface area contributed by atoms with E-state index >= 15 is 0 Å². The summed E-state index contributed by atoms with van der Waals surface area (Å²) in [6.07, 6.45) is 1.80. The smallest absolute Gasteiger partial charge is 0.270 e. The number of carbonyl (C=O) groups excluding carboxylic acids is 2. The number of aromatic nitrogens is 1. The fourth-order valence-electron chi connectivity index (χ4n) is 3.17. The molecule has 6 nitrogen and oxygen atoms in total. The van der Waals surface area contributed by atoms with Crippen LogP contribution in [0.3, 0.4) is 0 Å². The number of carbonyl (C=O) groups is 2. The highest BCUT2D eigenvalue weighted by molar-refractivity contribution is 5.98. The van der Waals surface area contributed by atoms with Crippen LogP contribution in [-0.4, -0.2) is 47.9 Å². The number of nitrogens with one attached hydrogen (secondary N) is 2. The summed E-state index contributed by atoms with van der Waals surface area (Å²) in [5, 5.41) is 3.99. The van der Waals surface area contributed by atoms with Crippen molar-refractivity contribution in [1.82, 2.24) is 15.2 Å². The van der Waals surface area contributed by atoms with Crippen molar-refractivity contribution >= 4 is 22.7 Å². The molecule has 1 saturated heterocycles. The minimum atomic E-state index is -0.0465. The number of amides is 2. The van der Waals surface area contributed by atoms with Crippen molar-refractivity contribution in [3.05, 3.63) is 30.0 Å². The van der Waals surface area contributed by atoms with Gasteiger partial charge in [-0.3, -0.25) is 9.59 Å². The lowest BCUT2D eigenvalue weighted by Gasteiger charge is -2.33. The van der Waals surface area contributed by atoms with Crippen molar-refractivity contribution in [1.29, 1.82) is 0 Å². The number of rotatable bonds is 4. The average molecular weight is 343 g/mol. The van der Waals surface area contributed by atoms with Gasteiger partial charge in [-0.05, 0) is 37.1 Å². The second kappa shape index (κ2) is 7.17. The number of methoxy groups -OCH3 is 1. The van der Waals surface area contributed by atoms with Crippen LogP contribution < -0.4 is 10.1 Å². The van der Waals surface area contributed by atoms with Gasteiger partial charge < -0.3 is 19.9 Å². The third-order valence-corrected chi connectivity index (χ3v) is 4.64. The Balaban J connectivity index is 1.72. The fraction of sp³-hybridized carbons (Fsp3) is 0.474. The van der Waals surface area contributed by atoms with E-state index in [9.17, 15) is 9.59 Å². The van der Waals surface area contributed by atoms with Gasteiger partial charge in [-0.15, -0.1) is 0 Å². The number of nitrogens with zero attached hydrogens (tertiary/aromatic N) is 1. The predicted octanol–water partition coefficient (Wildman–Crippen LogP) is 2.55. The first-order valence-corrected chi connectivity index (χ1v) is 8.74. The maximum Gasteiger partial charge on any atom is 0.270 e. The van der Waals surface area contributed by atoms with Gasteiger partial charge in [-0.25, -0.2) is 0 Å². The first-order chi connectivity index (χ1) is 12.0. The zero-order chi connectivity index (χ0) is 18.0. The van der Waals surface area contributed by atoms with Crippen LogP contribution in [0.25, 0.3) is 10.9 Å². The fourth-order valence-corrected chi connectivity index (χ4v) is 3.17. The van der Waals surface area contributed by atoms with Crippen LogP contribution >= 0.6 is 0 Å². The number of likely N-dealkylation sites (tertiary alicyclic amines) is 1. The molecule has 0 bridgehead atoms. The van der Waals surface area contributed by atoms with Gasteiger partial charge in [-0.2, -0.15) is 0 Å². The Morgan fingerprint density at radius 3 is 2.84 bits per heavy atom. The zero-order valence-electron chi connectivity index (χ0n) is 15.0. The minimum Gasteiger partial charge on any atom is -0.497 e. The van der Waals surface area contributed by atoms with Gasteiger partial charge in [0, 0.05) is 36.0 Å². The monoisotopic (exact) mass is 343 g/mol. The molecule has 134 valence electrons. The molecule has 1 fully saturated rings. The van der Waals surface area contributed by atoms with E-state index in [1.165, 1.54) is 0 Å².